The molecule has 4 aromatic rings. The molecule has 154 valence electrons. The zero-order chi connectivity index (χ0) is 21.0. The number of rotatable bonds is 2. The van der Waals surface area contributed by atoms with Crippen LogP contribution in [0.5, 0.6) is 0 Å². The van der Waals surface area contributed by atoms with Crippen LogP contribution in [0.2, 0.25) is 0 Å². The molecule has 7 nitrogen and oxygen atoms in total. The Balaban J connectivity index is 1.63. The van der Waals surface area contributed by atoms with Crippen LogP contribution in [0.25, 0.3) is 11.0 Å². The highest BCUT2D eigenvalue weighted by Crippen LogP contribution is 2.39. The summed E-state index contributed by atoms with van der Waals surface area (Å²) in [4.78, 5) is 25.0. The number of aromatic amines is 1. The summed E-state index contributed by atoms with van der Waals surface area (Å²) in [6.45, 7) is 2.05. The Hall–Kier alpha value is -3.56. The maximum absolute atomic E-state index is 13.3. The number of alkyl halides is 3. The second-order valence-electron chi connectivity index (χ2n) is 7.09. The van der Waals surface area contributed by atoms with Crippen LogP contribution in [0.1, 0.15) is 45.0 Å². The van der Waals surface area contributed by atoms with E-state index in [0.29, 0.717) is 29.9 Å². The van der Waals surface area contributed by atoms with Crippen molar-refractivity contribution in [3.63, 3.8) is 0 Å². The molecule has 0 spiro atoms. The van der Waals surface area contributed by atoms with E-state index in [-0.39, 0.29) is 6.54 Å². The molecule has 1 aromatic carbocycles. The van der Waals surface area contributed by atoms with E-state index in [1.54, 1.807) is 6.07 Å². The van der Waals surface area contributed by atoms with Crippen molar-refractivity contribution in [3.05, 3.63) is 71.2 Å². The summed E-state index contributed by atoms with van der Waals surface area (Å²) in [5.74, 6) is -1.36. The van der Waals surface area contributed by atoms with E-state index < -0.39 is 29.6 Å². The molecular weight excluding hydrogens is 401 g/mol. The molecule has 1 N–H and O–H groups in total. The molecule has 4 heterocycles. The second-order valence-corrected chi connectivity index (χ2v) is 7.09. The Bertz CT molecular complexity index is 1250. The van der Waals surface area contributed by atoms with Crippen LogP contribution in [0.3, 0.4) is 0 Å². The summed E-state index contributed by atoms with van der Waals surface area (Å²) in [6, 6.07) is 6.62. The first kappa shape index (κ1) is 18.5. The molecule has 1 amide bonds. The highest BCUT2D eigenvalue weighted by atomic mass is 19.4. The molecule has 0 aliphatic carbocycles. The normalized spacial score (nSPS) is 16.8. The lowest BCUT2D eigenvalue weighted by Crippen LogP contribution is -2.41. The Morgan fingerprint density at radius 1 is 1.30 bits per heavy atom. The van der Waals surface area contributed by atoms with Crippen LogP contribution in [-0.4, -0.2) is 32.3 Å². The van der Waals surface area contributed by atoms with Crippen LogP contribution in [0.15, 0.2) is 45.8 Å². The number of imidazole rings is 1. The number of carbonyl (C=O) groups is 1. The van der Waals surface area contributed by atoms with E-state index in [1.165, 1.54) is 11.2 Å². The molecule has 3 aromatic heterocycles. The Morgan fingerprint density at radius 2 is 2.13 bits per heavy atom. The smallest absolute Gasteiger partial charge is 0.437 e. The van der Waals surface area contributed by atoms with E-state index in [1.807, 2.05) is 25.1 Å². The first-order chi connectivity index (χ1) is 14.3. The Kier molecular flexibility index (Phi) is 3.99. The number of nitrogens with one attached hydrogen (secondary N) is 1. The fraction of sp³-hybridized carbons (Fsp3) is 0.250. The molecule has 0 saturated heterocycles. The third kappa shape index (κ3) is 2.78. The zero-order valence-electron chi connectivity index (χ0n) is 15.7. The van der Waals surface area contributed by atoms with E-state index in [9.17, 15) is 18.0 Å². The predicted molar refractivity (Wildman–Crippen MR) is 97.6 cm³/mol. The SMILES string of the molecule is Cc1cccc2cc([C@H]3c4nc[nH]c4CCN3C(=O)c3ocnc3C(F)(F)F)oc12. The molecule has 10 heteroatoms. The summed E-state index contributed by atoms with van der Waals surface area (Å²) in [5.41, 5.74) is 1.54. The highest BCUT2D eigenvalue weighted by molar-refractivity contribution is 5.93. The average Bonchev–Trinajstić information content (AvgIpc) is 3.44. The monoisotopic (exact) mass is 416 g/mol. The van der Waals surface area contributed by atoms with E-state index >= 15 is 0 Å². The second kappa shape index (κ2) is 6.48. The number of H-pyrrole nitrogens is 1. The Labute approximate surface area is 167 Å². The van der Waals surface area contributed by atoms with E-state index in [4.69, 9.17) is 8.83 Å². The number of fused-ring (bicyclic) bond motifs is 2. The number of furan rings is 1. The molecule has 30 heavy (non-hydrogen) atoms. The summed E-state index contributed by atoms with van der Waals surface area (Å²) in [6.07, 6.45) is -2.28. The van der Waals surface area contributed by atoms with Crippen LogP contribution >= 0.6 is 0 Å². The van der Waals surface area contributed by atoms with Gasteiger partial charge in [-0.2, -0.15) is 13.2 Å². The van der Waals surface area contributed by atoms with Gasteiger partial charge in [-0.15, -0.1) is 0 Å². The molecule has 1 atom stereocenters. The fourth-order valence-corrected chi connectivity index (χ4v) is 3.88. The van der Waals surface area contributed by atoms with Crippen molar-refractivity contribution in [2.45, 2.75) is 25.6 Å². The summed E-state index contributed by atoms with van der Waals surface area (Å²) in [7, 11) is 0. The molecule has 0 radical (unpaired) electrons. The number of halogens is 3. The van der Waals surface area contributed by atoms with Crippen LogP contribution < -0.4 is 0 Å². The van der Waals surface area contributed by atoms with E-state index in [2.05, 4.69) is 15.0 Å². The molecule has 0 saturated carbocycles. The van der Waals surface area contributed by atoms with Gasteiger partial charge in [0.1, 0.15) is 17.4 Å². The Morgan fingerprint density at radius 3 is 2.90 bits per heavy atom. The van der Waals surface area contributed by atoms with E-state index in [0.717, 1.165) is 16.6 Å². The van der Waals surface area contributed by atoms with Gasteiger partial charge in [0.15, 0.2) is 12.1 Å². The van der Waals surface area contributed by atoms with Gasteiger partial charge in [-0.1, -0.05) is 18.2 Å². The topological polar surface area (TPSA) is 88.2 Å². The van der Waals surface area contributed by atoms with Crippen molar-refractivity contribution >= 4 is 16.9 Å². The first-order valence-corrected chi connectivity index (χ1v) is 9.17. The number of hydrogen-bond donors (Lipinski definition) is 1. The number of aromatic nitrogens is 3. The van der Waals surface area contributed by atoms with Crippen molar-refractivity contribution in [3.8, 4) is 0 Å². The van der Waals surface area contributed by atoms with Crippen LogP contribution in [-0.2, 0) is 12.6 Å². The molecule has 0 bridgehead atoms. The summed E-state index contributed by atoms with van der Waals surface area (Å²) >= 11 is 0. The van der Waals surface area contributed by atoms with Gasteiger partial charge in [0.05, 0.1) is 12.0 Å². The van der Waals surface area contributed by atoms with Crippen molar-refractivity contribution in [1.29, 1.82) is 0 Å². The van der Waals surface area contributed by atoms with Gasteiger partial charge < -0.3 is 18.7 Å². The number of benzene rings is 1. The molecule has 0 unspecified atom stereocenters. The minimum Gasteiger partial charge on any atom is -0.458 e. The number of para-hydroxylation sites is 1. The van der Waals surface area contributed by atoms with Crippen molar-refractivity contribution in [2.75, 3.05) is 6.54 Å². The van der Waals surface area contributed by atoms with Gasteiger partial charge in [0.2, 0.25) is 5.76 Å². The predicted octanol–water partition coefficient (Wildman–Crippen LogP) is 4.26. The standard InChI is InChI=1S/C20H15F3N4O3/c1-10-3-2-4-11-7-13(30-16(10)11)15-14-12(24-8-25-14)5-6-27(15)19(28)17-18(20(21,22)23)26-9-29-17/h2-4,7-9,15H,5-6H2,1H3,(H,24,25)/t15-/m0/s1. The molecule has 1 aliphatic heterocycles. The fourth-order valence-electron chi connectivity index (χ4n) is 3.88. The van der Waals surface area contributed by atoms with Crippen molar-refractivity contribution in [1.82, 2.24) is 19.9 Å². The largest absolute Gasteiger partial charge is 0.458 e. The van der Waals surface area contributed by atoms with Crippen LogP contribution in [0.4, 0.5) is 13.2 Å². The number of hydrogen-bond acceptors (Lipinski definition) is 5. The number of amides is 1. The highest BCUT2D eigenvalue weighted by Gasteiger charge is 2.44. The number of oxazole rings is 1. The molecule has 5 rings (SSSR count). The zero-order valence-corrected chi connectivity index (χ0v) is 15.7. The third-order valence-corrected chi connectivity index (χ3v) is 5.25. The third-order valence-electron chi connectivity index (χ3n) is 5.25. The summed E-state index contributed by atoms with van der Waals surface area (Å²) < 4.78 is 50.7. The number of aryl methyl sites for hydroxylation is 1. The van der Waals surface area contributed by atoms with Gasteiger partial charge in [0.25, 0.3) is 5.91 Å². The summed E-state index contributed by atoms with van der Waals surface area (Å²) in [5, 5.41) is 0.829. The molecule has 0 fully saturated rings. The molecule has 1 aliphatic rings. The van der Waals surface area contributed by atoms with Crippen molar-refractivity contribution < 1.29 is 26.8 Å². The van der Waals surface area contributed by atoms with Crippen LogP contribution in [0, 0.1) is 6.92 Å². The van der Waals surface area contributed by atoms with Gasteiger partial charge in [0, 0.05) is 24.0 Å². The van der Waals surface area contributed by atoms with Gasteiger partial charge in [-0.25, -0.2) is 9.97 Å². The number of nitrogens with zero attached hydrogens (tertiary/aromatic N) is 3. The number of carbonyl (C=O) groups excluding carboxylic acids is 1. The quantitative estimate of drug-likeness (QED) is 0.528. The maximum Gasteiger partial charge on any atom is 0.437 e. The maximum atomic E-state index is 13.3. The lowest BCUT2D eigenvalue weighted by atomic mass is 9.99. The van der Waals surface area contributed by atoms with Gasteiger partial charge in [-0.05, 0) is 18.6 Å². The molecular formula is C20H15F3N4O3. The lowest BCUT2D eigenvalue weighted by molar-refractivity contribution is -0.141. The average molecular weight is 416 g/mol. The lowest BCUT2D eigenvalue weighted by Gasteiger charge is -2.33. The first-order valence-electron chi connectivity index (χ1n) is 9.17. The minimum absolute atomic E-state index is 0.159. The van der Waals surface area contributed by atoms with Crippen molar-refractivity contribution in [2.24, 2.45) is 0 Å². The minimum atomic E-state index is -4.81. The van der Waals surface area contributed by atoms with Gasteiger partial charge >= 0.3 is 6.18 Å². The van der Waals surface area contributed by atoms with Gasteiger partial charge in [-0.3, -0.25) is 4.79 Å².